The average molecular weight is 225 g/mol. The summed E-state index contributed by atoms with van der Waals surface area (Å²) >= 11 is 0. The fourth-order valence-corrected chi connectivity index (χ4v) is 1.40. The molecule has 1 N–H and O–H groups in total. The van der Waals surface area contributed by atoms with E-state index in [0.717, 1.165) is 5.56 Å². The van der Waals surface area contributed by atoms with Gasteiger partial charge in [-0.2, -0.15) is 5.26 Å². The summed E-state index contributed by atoms with van der Waals surface area (Å²) in [4.78, 5) is 12.2. The molecule has 0 spiro atoms. The molecule has 0 amide bonds. The molecule has 0 aromatic carbocycles. The van der Waals surface area contributed by atoms with Crippen molar-refractivity contribution in [2.24, 2.45) is 0 Å². The van der Waals surface area contributed by atoms with Crippen LogP contribution in [0.4, 0.5) is 5.95 Å². The molecule has 0 saturated carbocycles. The van der Waals surface area contributed by atoms with Crippen LogP contribution in [0.5, 0.6) is 0 Å². The van der Waals surface area contributed by atoms with Gasteiger partial charge in [0, 0.05) is 18.6 Å². The second kappa shape index (κ2) is 5.03. The van der Waals surface area contributed by atoms with Gasteiger partial charge in [0.2, 0.25) is 5.95 Å². The molecule has 0 aliphatic carbocycles. The number of nitrogens with one attached hydrogen (secondary N) is 1. The monoisotopic (exact) mass is 225 g/mol. The summed E-state index contributed by atoms with van der Waals surface area (Å²) in [6.07, 6.45) is 5.07. The van der Waals surface area contributed by atoms with Crippen molar-refractivity contribution in [3.05, 3.63) is 48.0 Å². The largest absolute Gasteiger partial charge is 0.348 e. The standard InChI is InChI=1S/C12H11N5/c1-9(10-3-2-5-14-8-10)16-12-15-6-4-11(7-13)17-12/h2-6,8-9H,1H3,(H,15,16,17). The van der Waals surface area contributed by atoms with Crippen LogP contribution in [0.3, 0.4) is 0 Å². The van der Waals surface area contributed by atoms with Crippen LogP contribution in [0.25, 0.3) is 0 Å². The highest BCUT2D eigenvalue weighted by atomic mass is 15.1. The maximum absolute atomic E-state index is 8.74. The number of nitriles is 1. The van der Waals surface area contributed by atoms with Crippen LogP contribution < -0.4 is 5.32 Å². The Kier molecular flexibility index (Phi) is 3.26. The SMILES string of the molecule is CC(Nc1nccc(C#N)n1)c1cccnc1. The molecule has 2 aromatic heterocycles. The second-order valence-corrected chi connectivity index (χ2v) is 3.53. The van der Waals surface area contributed by atoms with Gasteiger partial charge in [0.05, 0.1) is 6.04 Å². The predicted molar refractivity (Wildman–Crippen MR) is 63.0 cm³/mol. The first-order valence-electron chi connectivity index (χ1n) is 5.19. The first-order valence-corrected chi connectivity index (χ1v) is 5.19. The highest BCUT2D eigenvalue weighted by Crippen LogP contribution is 2.14. The van der Waals surface area contributed by atoms with Crippen molar-refractivity contribution in [1.82, 2.24) is 15.0 Å². The second-order valence-electron chi connectivity index (χ2n) is 3.53. The van der Waals surface area contributed by atoms with Crippen molar-refractivity contribution >= 4 is 5.95 Å². The lowest BCUT2D eigenvalue weighted by molar-refractivity contribution is 0.852. The van der Waals surface area contributed by atoms with E-state index >= 15 is 0 Å². The summed E-state index contributed by atoms with van der Waals surface area (Å²) in [5, 5.41) is 11.9. The molecule has 1 atom stereocenters. The Morgan fingerprint density at radius 3 is 2.94 bits per heavy atom. The van der Waals surface area contributed by atoms with E-state index in [1.165, 1.54) is 0 Å². The molecule has 0 saturated heterocycles. The molecule has 5 heteroatoms. The third-order valence-corrected chi connectivity index (χ3v) is 2.30. The van der Waals surface area contributed by atoms with Crippen molar-refractivity contribution in [3.63, 3.8) is 0 Å². The lowest BCUT2D eigenvalue weighted by atomic mass is 10.1. The van der Waals surface area contributed by atoms with Crippen LogP contribution in [0.2, 0.25) is 0 Å². The molecule has 2 heterocycles. The summed E-state index contributed by atoms with van der Waals surface area (Å²) in [6, 6.07) is 7.43. The van der Waals surface area contributed by atoms with Gasteiger partial charge in [-0.3, -0.25) is 4.98 Å². The van der Waals surface area contributed by atoms with Gasteiger partial charge in [-0.05, 0) is 24.6 Å². The topological polar surface area (TPSA) is 74.5 Å². The van der Waals surface area contributed by atoms with E-state index < -0.39 is 0 Å². The Morgan fingerprint density at radius 1 is 1.35 bits per heavy atom. The van der Waals surface area contributed by atoms with E-state index in [-0.39, 0.29) is 6.04 Å². The minimum Gasteiger partial charge on any atom is -0.348 e. The van der Waals surface area contributed by atoms with Gasteiger partial charge < -0.3 is 5.32 Å². The number of hydrogen-bond donors (Lipinski definition) is 1. The fourth-order valence-electron chi connectivity index (χ4n) is 1.40. The summed E-state index contributed by atoms with van der Waals surface area (Å²) in [5.74, 6) is 0.445. The third-order valence-electron chi connectivity index (χ3n) is 2.30. The first kappa shape index (κ1) is 11.0. The zero-order valence-electron chi connectivity index (χ0n) is 9.33. The van der Waals surface area contributed by atoms with Gasteiger partial charge >= 0.3 is 0 Å². The van der Waals surface area contributed by atoms with E-state index in [2.05, 4.69) is 20.3 Å². The van der Waals surface area contributed by atoms with E-state index in [1.54, 1.807) is 24.7 Å². The van der Waals surface area contributed by atoms with Crippen molar-refractivity contribution in [3.8, 4) is 6.07 Å². The van der Waals surface area contributed by atoms with Gasteiger partial charge in [-0.25, -0.2) is 9.97 Å². The van der Waals surface area contributed by atoms with Crippen molar-refractivity contribution in [1.29, 1.82) is 5.26 Å². The molecule has 0 radical (unpaired) electrons. The average Bonchev–Trinajstić information content (AvgIpc) is 2.40. The predicted octanol–water partition coefficient (Wildman–Crippen LogP) is 1.92. The minimum atomic E-state index is 0.0395. The van der Waals surface area contributed by atoms with Crippen LogP contribution in [0, 0.1) is 11.3 Å². The lowest BCUT2D eigenvalue weighted by Gasteiger charge is -2.13. The molecule has 1 unspecified atom stereocenters. The normalized spacial score (nSPS) is 11.5. The zero-order chi connectivity index (χ0) is 12.1. The molecule has 17 heavy (non-hydrogen) atoms. The molecule has 2 aromatic rings. The maximum atomic E-state index is 8.74. The summed E-state index contributed by atoms with van der Waals surface area (Å²) in [5.41, 5.74) is 1.39. The maximum Gasteiger partial charge on any atom is 0.224 e. The lowest BCUT2D eigenvalue weighted by Crippen LogP contribution is -2.09. The highest BCUT2D eigenvalue weighted by molar-refractivity contribution is 5.33. The number of hydrogen-bond acceptors (Lipinski definition) is 5. The van der Waals surface area contributed by atoms with E-state index in [0.29, 0.717) is 11.6 Å². The highest BCUT2D eigenvalue weighted by Gasteiger charge is 2.06. The van der Waals surface area contributed by atoms with Crippen LogP contribution in [0.15, 0.2) is 36.8 Å². The smallest absolute Gasteiger partial charge is 0.224 e. The molecule has 0 aliphatic rings. The Hall–Kier alpha value is -2.48. The number of aromatic nitrogens is 3. The first-order chi connectivity index (χ1) is 8.29. The molecule has 5 nitrogen and oxygen atoms in total. The van der Waals surface area contributed by atoms with Crippen molar-refractivity contribution < 1.29 is 0 Å². The number of pyridine rings is 1. The Morgan fingerprint density at radius 2 is 2.24 bits per heavy atom. The molecule has 0 fully saturated rings. The molecular weight excluding hydrogens is 214 g/mol. The van der Waals surface area contributed by atoms with Crippen LogP contribution in [0.1, 0.15) is 24.2 Å². The van der Waals surface area contributed by atoms with Gasteiger partial charge in [0.15, 0.2) is 0 Å². The van der Waals surface area contributed by atoms with Gasteiger partial charge in [0.1, 0.15) is 11.8 Å². The van der Waals surface area contributed by atoms with E-state index in [9.17, 15) is 0 Å². The zero-order valence-corrected chi connectivity index (χ0v) is 9.33. The van der Waals surface area contributed by atoms with Crippen LogP contribution in [-0.2, 0) is 0 Å². The van der Waals surface area contributed by atoms with Crippen LogP contribution in [-0.4, -0.2) is 15.0 Å². The fraction of sp³-hybridized carbons (Fsp3) is 0.167. The van der Waals surface area contributed by atoms with Crippen LogP contribution >= 0.6 is 0 Å². The Labute approximate surface area is 99.2 Å². The molecule has 0 bridgehead atoms. The van der Waals surface area contributed by atoms with Gasteiger partial charge in [-0.1, -0.05) is 6.07 Å². The molecule has 2 rings (SSSR count). The number of nitrogens with zero attached hydrogens (tertiary/aromatic N) is 4. The van der Waals surface area contributed by atoms with E-state index in [1.807, 2.05) is 25.1 Å². The molecular formula is C12H11N5. The Bertz CT molecular complexity index is 532. The quantitative estimate of drug-likeness (QED) is 0.863. The van der Waals surface area contributed by atoms with Crippen molar-refractivity contribution in [2.75, 3.05) is 5.32 Å². The van der Waals surface area contributed by atoms with E-state index in [4.69, 9.17) is 5.26 Å². The van der Waals surface area contributed by atoms with Gasteiger partial charge in [0.25, 0.3) is 0 Å². The molecule has 84 valence electrons. The number of anilines is 1. The third kappa shape index (κ3) is 2.75. The molecule has 0 aliphatic heterocycles. The Balaban J connectivity index is 2.13. The van der Waals surface area contributed by atoms with Crippen molar-refractivity contribution in [2.45, 2.75) is 13.0 Å². The summed E-state index contributed by atoms with van der Waals surface area (Å²) < 4.78 is 0. The number of rotatable bonds is 3. The van der Waals surface area contributed by atoms with Gasteiger partial charge in [-0.15, -0.1) is 0 Å². The minimum absolute atomic E-state index is 0.0395. The summed E-state index contributed by atoms with van der Waals surface area (Å²) in [6.45, 7) is 1.99. The summed E-state index contributed by atoms with van der Waals surface area (Å²) in [7, 11) is 0.